The zero-order valence-corrected chi connectivity index (χ0v) is 10.3. The summed E-state index contributed by atoms with van der Waals surface area (Å²) in [5.41, 5.74) is 0.510. The molecule has 2 rings (SSSR count). The van der Waals surface area contributed by atoms with Crippen LogP contribution in [0.25, 0.3) is 0 Å². The molecule has 0 unspecified atom stereocenters. The van der Waals surface area contributed by atoms with Crippen molar-refractivity contribution in [2.24, 2.45) is 0 Å². The lowest BCUT2D eigenvalue weighted by Gasteiger charge is -2.14. The van der Waals surface area contributed by atoms with Gasteiger partial charge in [-0.05, 0) is 18.6 Å². The first-order valence-corrected chi connectivity index (χ1v) is 5.99. The van der Waals surface area contributed by atoms with Crippen molar-refractivity contribution in [1.82, 2.24) is 4.90 Å². The summed E-state index contributed by atoms with van der Waals surface area (Å²) in [5, 5.41) is 22.5. The minimum absolute atomic E-state index is 0.0133. The molecule has 1 atom stereocenters. The molecule has 7 nitrogen and oxygen atoms in total. The van der Waals surface area contributed by atoms with Crippen LogP contribution in [0.15, 0.2) is 24.3 Å². The summed E-state index contributed by atoms with van der Waals surface area (Å²) in [6, 6.07) is 5.67. The Labute approximate surface area is 110 Å². The molecule has 0 aliphatic carbocycles. The van der Waals surface area contributed by atoms with E-state index in [2.05, 4.69) is 5.32 Å². The second-order valence-electron chi connectivity index (χ2n) is 4.53. The van der Waals surface area contributed by atoms with Gasteiger partial charge in [-0.25, -0.2) is 0 Å². The summed E-state index contributed by atoms with van der Waals surface area (Å²) in [5.74, 6) is -0.192. The van der Waals surface area contributed by atoms with Crippen LogP contribution < -0.4 is 5.32 Å². The lowest BCUT2D eigenvalue weighted by Crippen LogP contribution is -2.32. The van der Waals surface area contributed by atoms with Crippen molar-refractivity contribution in [2.75, 3.05) is 25.0 Å². The van der Waals surface area contributed by atoms with E-state index in [0.29, 0.717) is 25.2 Å². The van der Waals surface area contributed by atoms with Crippen molar-refractivity contribution >= 4 is 17.3 Å². The summed E-state index contributed by atoms with van der Waals surface area (Å²) in [4.78, 5) is 23.6. The van der Waals surface area contributed by atoms with E-state index in [-0.39, 0.29) is 24.2 Å². The number of carbonyl (C=O) groups is 1. The van der Waals surface area contributed by atoms with Gasteiger partial charge in [0.25, 0.3) is 5.69 Å². The van der Waals surface area contributed by atoms with Crippen molar-refractivity contribution < 1.29 is 14.8 Å². The number of non-ortho nitro benzene ring substituents is 1. The number of hydrogen-bond acceptors (Lipinski definition) is 5. The summed E-state index contributed by atoms with van der Waals surface area (Å²) >= 11 is 0. The van der Waals surface area contributed by atoms with Crippen molar-refractivity contribution in [3.05, 3.63) is 34.4 Å². The molecule has 1 aliphatic heterocycles. The molecule has 0 aromatic heterocycles. The molecular formula is C12H15N3O4. The molecule has 102 valence electrons. The lowest BCUT2D eigenvalue weighted by molar-refractivity contribution is -0.384. The first-order valence-electron chi connectivity index (χ1n) is 5.99. The Morgan fingerprint density at radius 2 is 2.16 bits per heavy atom. The number of aliphatic hydroxyl groups is 1. The van der Waals surface area contributed by atoms with Crippen molar-refractivity contribution in [2.45, 2.75) is 12.5 Å². The topological polar surface area (TPSA) is 95.7 Å². The molecule has 19 heavy (non-hydrogen) atoms. The van der Waals surface area contributed by atoms with Crippen LogP contribution in [-0.2, 0) is 4.79 Å². The van der Waals surface area contributed by atoms with Crippen LogP contribution in [0.5, 0.6) is 0 Å². The van der Waals surface area contributed by atoms with E-state index >= 15 is 0 Å². The number of β-amino-alcohol motifs (C(OH)–C–C–N with tert-alkyl or cyclic N) is 1. The number of hydrogen-bond donors (Lipinski definition) is 2. The van der Waals surface area contributed by atoms with Crippen LogP contribution in [0.3, 0.4) is 0 Å². The summed E-state index contributed by atoms with van der Waals surface area (Å²) < 4.78 is 0. The second kappa shape index (κ2) is 5.77. The van der Waals surface area contributed by atoms with Gasteiger partial charge in [-0.3, -0.25) is 19.8 Å². The van der Waals surface area contributed by atoms with Gasteiger partial charge in [0, 0.05) is 30.9 Å². The van der Waals surface area contributed by atoms with E-state index in [9.17, 15) is 20.0 Å². The highest BCUT2D eigenvalue weighted by Gasteiger charge is 2.21. The maximum Gasteiger partial charge on any atom is 0.269 e. The monoisotopic (exact) mass is 265 g/mol. The molecule has 1 fully saturated rings. The first kappa shape index (κ1) is 13.4. The molecule has 1 heterocycles. The molecular weight excluding hydrogens is 250 g/mol. The third-order valence-electron chi connectivity index (χ3n) is 2.98. The fourth-order valence-electron chi connectivity index (χ4n) is 2.03. The number of nitro groups is 1. The van der Waals surface area contributed by atoms with E-state index in [1.54, 1.807) is 0 Å². The van der Waals surface area contributed by atoms with E-state index in [1.807, 2.05) is 4.90 Å². The first-order chi connectivity index (χ1) is 9.04. The summed E-state index contributed by atoms with van der Waals surface area (Å²) in [6.07, 6.45) is 0.331. The highest BCUT2D eigenvalue weighted by atomic mass is 16.6. The molecule has 1 amide bonds. The van der Waals surface area contributed by atoms with Crippen LogP contribution in [-0.4, -0.2) is 46.6 Å². The van der Waals surface area contributed by atoms with E-state index in [1.165, 1.54) is 24.3 Å². The van der Waals surface area contributed by atoms with Crippen molar-refractivity contribution in [3.8, 4) is 0 Å². The van der Waals surface area contributed by atoms with Gasteiger partial charge in [0.1, 0.15) is 0 Å². The zero-order chi connectivity index (χ0) is 13.8. The minimum atomic E-state index is -0.489. The number of nitro benzene ring substituents is 1. The number of benzene rings is 1. The Kier molecular flexibility index (Phi) is 4.08. The molecule has 7 heteroatoms. The molecule has 0 radical (unpaired) electrons. The van der Waals surface area contributed by atoms with Gasteiger partial charge in [0.15, 0.2) is 0 Å². The number of amides is 1. The highest BCUT2D eigenvalue weighted by molar-refractivity contribution is 5.92. The molecule has 0 bridgehead atoms. The lowest BCUT2D eigenvalue weighted by atomic mass is 10.3. The maximum absolute atomic E-state index is 11.7. The second-order valence-corrected chi connectivity index (χ2v) is 4.53. The van der Waals surface area contributed by atoms with Crippen LogP contribution in [0.1, 0.15) is 6.42 Å². The SMILES string of the molecule is O=C(CN1CC[C@H](O)C1)Nc1ccc([N+](=O)[O-])cc1. The van der Waals surface area contributed by atoms with Crippen LogP contribution in [0.4, 0.5) is 11.4 Å². The smallest absolute Gasteiger partial charge is 0.269 e. The molecule has 1 aliphatic rings. The quantitative estimate of drug-likeness (QED) is 0.614. The van der Waals surface area contributed by atoms with Crippen LogP contribution in [0.2, 0.25) is 0 Å². The van der Waals surface area contributed by atoms with E-state index in [4.69, 9.17) is 0 Å². The van der Waals surface area contributed by atoms with Gasteiger partial charge in [-0.15, -0.1) is 0 Å². The number of nitrogens with zero attached hydrogens (tertiary/aromatic N) is 2. The highest BCUT2D eigenvalue weighted by Crippen LogP contribution is 2.15. The standard InChI is InChI=1S/C12H15N3O4/c16-11-5-6-14(7-11)8-12(17)13-9-1-3-10(4-2-9)15(18)19/h1-4,11,16H,5-8H2,(H,13,17)/t11-/m0/s1. The van der Waals surface area contributed by atoms with Gasteiger partial charge in [-0.1, -0.05) is 0 Å². The number of rotatable bonds is 4. The van der Waals surface area contributed by atoms with Crippen LogP contribution >= 0.6 is 0 Å². The number of carbonyl (C=O) groups excluding carboxylic acids is 1. The molecule has 0 spiro atoms. The average molecular weight is 265 g/mol. The van der Waals surface area contributed by atoms with Gasteiger partial charge < -0.3 is 10.4 Å². The third kappa shape index (κ3) is 3.73. The number of aliphatic hydroxyl groups excluding tert-OH is 1. The minimum Gasteiger partial charge on any atom is -0.392 e. The van der Waals surface area contributed by atoms with Gasteiger partial charge >= 0.3 is 0 Å². The van der Waals surface area contributed by atoms with Gasteiger partial charge in [0.2, 0.25) is 5.91 Å². The Morgan fingerprint density at radius 1 is 1.47 bits per heavy atom. The Bertz CT molecular complexity index is 474. The van der Waals surface area contributed by atoms with Gasteiger partial charge in [0.05, 0.1) is 17.6 Å². The van der Waals surface area contributed by atoms with Crippen molar-refractivity contribution in [3.63, 3.8) is 0 Å². The fraction of sp³-hybridized carbons (Fsp3) is 0.417. The molecule has 1 saturated heterocycles. The largest absolute Gasteiger partial charge is 0.392 e. The van der Waals surface area contributed by atoms with Gasteiger partial charge in [-0.2, -0.15) is 0 Å². The molecule has 1 aromatic rings. The molecule has 1 aromatic carbocycles. The predicted molar refractivity (Wildman–Crippen MR) is 68.8 cm³/mol. The normalized spacial score (nSPS) is 19.3. The van der Waals surface area contributed by atoms with Crippen molar-refractivity contribution in [1.29, 1.82) is 0 Å². The summed E-state index contributed by atoms with van der Waals surface area (Å²) in [6.45, 7) is 1.43. The van der Waals surface area contributed by atoms with E-state index < -0.39 is 4.92 Å². The Balaban J connectivity index is 1.86. The maximum atomic E-state index is 11.7. The molecule has 0 saturated carbocycles. The predicted octanol–water partition coefficient (Wildman–Crippen LogP) is 0.600. The molecule has 2 N–H and O–H groups in total. The Hall–Kier alpha value is -1.99. The van der Waals surface area contributed by atoms with Crippen LogP contribution in [0, 0.1) is 10.1 Å². The zero-order valence-electron chi connectivity index (χ0n) is 10.3. The number of likely N-dealkylation sites (tertiary alicyclic amines) is 1. The Morgan fingerprint density at radius 3 is 2.68 bits per heavy atom. The summed E-state index contributed by atoms with van der Waals surface area (Å²) in [7, 11) is 0. The average Bonchev–Trinajstić information content (AvgIpc) is 2.75. The number of nitrogens with one attached hydrogen (secondary N) is 1. The fourth-order valence-corrected chi connectivity index (χ4v) is 2.03. The number of anilines is 1. The van der Waals surface area contributed by atoms with E-state index in [0.717, 1.165) is 0 Å². The third-order valence-corrected chi connectivity index (χ3v) is 2.98.